The molecule has 0 saturated carbocycles. The van der Waals surface area contributed by atoms with E-state index in [1.54, 1.807) is 35.3 Å². The minimum Gasteiger partial charge on any atom is -0.375 e. The van der Waals surface area contributed by atoms with Crippen molar-refractivity contribution in [1.82, 2.24) is 14.8 Å². The molecule has 1 aromatic heterocycles. The summed E-state index contributed by atoms with van der Waals surface area (Å²) >= 11 is 12.4. The predicted molar refractivity (Wildman–Crippen MR) is 98.8 cm³/mol. The topological polar surface area (TPSA) is 122 Å². The lowest BCUT2D eigenvalue weighted by molar-refractivity contribution is -0.742. The summed E-state index contributed by atoms with van der Waals surface area (Å²) in [4.78, 5) is 12.3. The van der Waals surface area contributed by atoms with E-state index in [2.05, 4.69) is 16.7 Å². The molecular formula is C16H18Cl2N4O6. The van der Waals surface area contributed by atoms with Gasteiger partial charge in [0, 0.05) is 10.6 Å². The SMILES string of the molecule is C=CCOCC1COC(Cn2cncn2)(c2ccc(Cl)cc2Cl)O1.O=[N+]([O-])O. The molecule has 0 radical (unpaired) electrons. The third-order valence-corrected chi connectivity index (χ3v) is 4.12. The van der Waals surface area contributed by atoms with Gasteiger partial charge >= 0.3 is 0 Å². The Labute approximate surface area is 170 Å². The van der Waals surface area contributed by atoms with Crippen molar-refractivity contribution < 1.29 is 24.5 Å². The Morgan fingerprint density at radius 2 is 2.29 bits per heavy atom. The molecule has 2 aromatic rings. The minimum absolute atomic E-state index is 0.222. The van der Waals surface area contributed by atoms with Crippen LogP contribution in [-0.4, -0.2) is 51.0 Å². The van der Waals surface area contributed by atoms with E-state index in [0.717, 1.165) is 0 Å². The molecule has 12 heteroatoms. The van der Waals surface area contributed by atoms with Crippen molar-refractivity contribution in [1.29, 1.82) is 0 Å². The highest BCUT2D eigenvalue weighted by Crippen LogP contribution is 2.40. The largest absolute Gasteiger partial charge is 0.375 e. The minimum atomic E-state index is -1.50. The highest BCUT2D eigenvalue weighted by atomic mass is 35.5. The van der Waals surface area contributed by atoms with Crippen LogP contribution in [0.3, 0.4) is 0 Å². The van der Waals surface area contributed by atoms with E-state index >= 15 is 0 Å². The van der Waals surface area contributed by atoms with Gasteiger partial charge in [-0.2, -0.15) is 5.10 Å². The number of nitrogens with zero attached hydrogens (tertiary/aromatic N) is 4. The van der Waals surface area contributed by atoms with Crippen LogP contribution in [0.1, 0.15) is 5.56 Å². The molecule has 0 aliphatic carbocycles. The van der Waals surface area contributed by atoms with Crippen LogP contribution < -0.4 is 0 Å². The zero-order valence-corrected chi connectivity index (χ0v) is 16.1. The molecule has 1 N–H and O–H groups in total. The van der Waals surface area contributed by atoms with Crippen LogP contribution in [0.25, 0.3) is 0 Å². The summed E-state index contributed by atoms with van der Waals surface area (Å²) in [5.41, 5.74) is 0.690. The third-order valence-electron chi connectivity index (χ3n) is 3.58. The Morgan fingerprint density at radius 3 is 2.89 bits per heavy atom. The Balaban J connectivity index is 0.000000640. The van der Waals surface area contributed by atoms with E-state index in [9.17, 15) is 0 Å². The van der Waals surface area contributed by atoms with E-state index < -0.39 is 10.9 Å². The van der Waals surface area contributed by atoms with Crippen LogP contribution in [0, 0.1) is 10.1 Å². The number of hydrogen-bond donors (Lipinski definition) is 1. The van der Waals surface area contributed by atoms with E-state index in [0.29, 0.717) is 42.0 Å². The van der Waals surface area contributed by atoms with Gasteiger partial charge in [-0.3, -0.25) is 0 Å². The molecule has 1 fully saturated rings. The molecule has 1 aromatic carbocycles. The molecule has 3 rings (SSSR count). The molecule has 1 saturated heterocycles. The lowest BCUT2D eigenvalue weighted by Gasteiger charge is -2.29. The average molecular weight is 433 g/mol. The molecule has 152 valence electrons. The second kappa shape index (κ2) is 10.3. The lowest BCUT2D eigenvalue weighted by atomic mass is 10.1. The van der Waals surface area contributed by atoms with Gasteiger partial charge in [-0.05, 0) is 12.1 Å². The molecule has 2 atom stereocenters. The fourth-order valence-electron chi connectivity index (χ4n) is 2.57. The average Bonchev–Trinajstić information content (AvgIpc) is 3.26. The number of halogens is 2. The summed E-state index contributed by atoms with van der Waals surface area (Å²) in [6.07, 6.45) is 4.52. The molecule has 0 bridgehead atoms. The summed E-state index contributed by atoms with van der Waals surface area (Å²) in [5.74, 6) is -1.07. The molecule has 1 aliphatic rings. The van der Waals surface area contributed by atoms with Crippen LogP contribution in [-0.2, 0) is 26.5 Å². The van der Waals surface area contributed by atoms with Gasteiger partial charge in [-0.1, -0.05) is 35.3 Å². The third kappa shape index (κ3) is 6.14. The maximum atomic E-state index is 8.36. The Bertz CT molecular complexity index is 787. The van der Waals surface area contributed by atoms with Crippen molar-refractivity contribution in [2.75, 3.05) is 19.8 Å². The second-order valence-corrected chi connectivity index (χ2v) is 6.43. The Morgan fingerprint density at radius 1 is 1.54 bits per heavy atom. The van der Waals surface area contributed by atoms with Gasteiger partial charge in [-0.15, -0.1) is 16.7 Å². The molecule has 2 heterocycles. The van der Waals surface area contributed by atoms with Crippen molar-refractivity contribution in [3.05, 3.63) is 69.2 Å². The summed E-state index contributed by atoms with van der Waals surface area (Å²) in [7, 11) is 0. The molecule has 2 unspecified atom stereocenters. The number of benzene rings is 1. The first-order valence-corrected chi connectivity index (χ1v) is 8.73. The van der Waals surface area contributed by atoms with Crippen molar-refractivity contribution in [2.24, 2.45) is 0 Å². The van der Waals surface area contributed by atoms with Crippen molar-refractivity contribution >= 4 is 23.2 Å². The van der Waals surface area contributed by atoms with Gasteiger partial charge in [0.25, 0.3) is 5.09 Å². The Hall–Kier alpha value is -2.24. The highest BCUT2D eigenvalue weighted by molar-refractivity contribution is 6.35. The van der Waals surface area contributed by atoms with Crippen LogP contribution in [0.4, 0.5) is 0 Å². The van der Waals surface area contributed by atoms with Gasteiger partial charge in [-0.25, -0.2) is 9.67 Å². The number of aromatic nitrogens is 3. The van der Waals surface area contributed by atoms with E-state index in [1.165, 1.54) is 6.33 Å². The van der Waals surface area contributed by atoms with E-state index in [4.69, 9.17) is 52.7 Å². The number of ether oxygens (including phenoxy) is 3. The zero-order valence-electron chi connectivity index (χ0n) is 14.6. The van der Waals surface area contributed by atoms with Gasteiger partial charge in [0.2, 0.25) is 5.79 Å². The van der Waals surface area contributed by atoms with Crippen molar-refractivity contribution in [2.45, 2.75) is 18.4 Å². The predicted octanol–water partition coefficient (Wildman–Crippen LogP) is 2.71. The molecule has 1 aliphatic heterocycles. The molecule has 10 nitrogen and oxygen atoms in total. The second-order valence-electron chi connectivity index (χ2n) is 5.58. The quantitative estimate of drug-likeness (QED) is 0.306. The first-order chi connectivity index (χ1) is 13.4. The standard InChI is InChI=1S/C16H17Cl2N3O3.HNO3/c1-2-5-22-7-13-8-23-16(24-13,9-21-11-19-10-20-21)14-4-3-12(17)6-15(14)18;2-1(3)4/h2-4,6,10-11,13H,1,5,7-9H2;(H,2,3,4). The van der Waals surface area contributed by atoms with Gasteiger partial charge < -0.3 is 19.4 Å². The van der Waals surface area contributed by atoms with Crippen molar-refractivity contribution in [3.63, 3.8) is 0 Å². The fourth-order valence-corrected chi connectivity index (χ4v) is 3.12. The van der Waals surface area contributed by atoms with Gasteiger partial charge in [0.05, 0.1) is 24.8 Å². The first kappa shape index (κ1) is 22.1. The van der Waals surface area contributed by atoms with E-state index in [1.807, 2.05) is 0 Å². The first-order valence-electron chi connectivity index (χ1n) is 7.98. The summed E-state index contributed by atoms with van der Waals surface area (Å²) < 4.78 is 19.3. The number of rotatable bonds is 7. The molecule has 0 spiro atoms. The summed E-state index contributed by atoms with van der Waals surface area (Å²) in [5, 5.41) is 18.8. The molecular weight excluding hydrogens is 415 g/mol. The fraction of sp³-hybridized carbons (Fsp3) is 0.375. The van der Waals surface area contributed by atoms with Crippen LogP contribution in [0.2, 0.25) is 10.0 Å². The maximum Gasteiger partial charge on any atom is 0.291 e. The maximum absolute atomic E-state index is 8.36. The Kier molecular flexibility index (Phi) is 8.15. The lowest BCUT2D eigenvalue weighted by Crippen LogP contribution is -2.34. The highest BCUT2D eigenvalue weighted by Gasteiger charge is 2.45. The van der Waals surface area contributed by atoms with Crippen molar-refractivity contribution in [3.8, 4) is 0 Å². The van der Waals surface area contributed by atoms with E-state index in [-0.39, 0.29) is 6.10 Å². The molecule has 0 amide bonds. The summed E-state index contributed by atoms with van der Waals surface area (Å²) in [6.45, 7) is 5.17. The monoisotopic (exact) mass is 432 g/mol. The van der Waals surface area contributed by atoms with Crippen LogP contribution >= 0.6 is 23.2 Å². The zero-order chi connectivity index (χ0) is 20.6. The van der Waals surface area contributed by atoms with Gasteiger partial charge in [0.15, 0.2) is 0 Å². The summed E-state index contributed by atoms with van der Waals surface area (Å²) in [6, 6.07) is 5.21. The van der Waals surface area contributed by atoms with Crippen LogP contribution in [0.15, 0.2) is 43.5 Å². The smallest absolute Gasteiger partial charge is 0.291 e. The normalized spacial score (nSPS) is 21.0. The van der Waals surface area contributed by atoms with Gasteiger partial charge in [0.1, 0.15) is 25.3 Å². The number of hydrogen-bond acceptors (Lipinski definition) is 7. The molecule has 28 heavy (non-hydrogen) atoms. The van der Waals surface area contributed by atoms with Crippen LogP contribution in [0.5, 0.6) is 0 Å².